The summed E-state index contributed by atoms with van der Waals surface area (Å²) in [7, 11) is 0. The third-order valence-electron chi connectivity index (χ3n) is 5.78. The van der Waals surface area contributed by atoms with Crippen molar-refractivity contribution in [1.29, 1.82) is 0 Å². The third kappa shape index (κ3) is 3.70. The molecule has 1 aliphatic heterocycles. The Labute approximate surface area is 180 Å². The molecule has 166 valence electrons. The largest absolute Gasteiger partial charge is 0.406 e. The van der Waals surface area contributed by atoms with Crippen LogP contribution < -0.4 is 11.3 Å². The van der Waals surface area contributed by atoms with Crippen LogP contribution in [0.4, 0.5) is 19.0 Å². The number of anilines is 1. The van der Waals surface area contributed by atoms with Crippen molar-refractivity contribution in [3.05, 3.63) is 58.6 Å². The number of aromatic nitrogens is 4. The van der Waals surface area contributed by atoms with E-state index < -0.39 is 18.3 Å². The van der Waals surface area contributed by atoms with Crippen LogP contribution in [0.1, 0.15) is 24.5 Å². The zero-order valence-corrected chi connectivity index (χ0v) is 17.0. The highest BCUT2D eigenvalue weighted by molar-refractivity contribution is 5.85. The number of benzene rings is 1. The van der Waals surface area contributed by atoms with Crippen molar-refractivity contribution < 1.29 is 17.9 Å². The predicted octanol–water partition coefficient (Wildman–Crippen LogP) is 3.75. The minimum absolute atomic E-state index is 0.0672. The molecular formula is C22H20F3N5O2. The van der Waals surface area contributed by atoms with Crippen molar-refractivity contribution in [2.75, 3.05) is 18.9 Å². The fourth-order valence-electron chi connectivity index (χ4n) is 4.18. The molecule has 4 heterocycles. The maximum absolute atomic E-state index is 13.3. The van der Waals surface area contributed by atoms with E-state index in [0.29, 0.717) is 30.2 Å². The standard InChI is InChI=1S/C22H20F3N5O2/c23-22(24,25)12-29-20-10-17(13-5-7-32-8-6-13)28-30(20)18-9-14(1-3-16(18)21(29)31)15-2-4-19(26)27-11-15/h1-4,9-11,13H,5-8,12H2,(H2,26,27). The average molecular weight is 443 g/mol. The Morgan fingerprint density at radius 3 is 2.53 bits per heavy atom. The Hall–Kier alpha value is -3.40. The van der Waals surface area contributed by atoms with E-state index in [9.17, 15) is 18.0 Å². The van der Waals surface area contributed by atoms with E-state index in [1.807, 2.05) is 0 Å². The maximum atomic E-state index is 13.3. The summed E-state index contributed by atoms with van der Waals surface area (Å²) in [6.45, 7) is -0.236. The second-order valence-corrected chi connectivity index (χ2v) is 7.94. The van der Waals surface area contributed by atoms with Crippen molar-refractivity contribution in [2.45, 2.75) is 31.5 Å². The first-order chi connectivity index (χ1) is 15.3. The lowest BCUT2D eigenvalue weighted by Crippen LogP contribution is -2.29. The number of rotatable bonds is 3. The van der Waals surface area contributed by atoms with Gasteiger partial charge in [-0.3, -0.25) is 9.36 Å². The van der Waals surface area contributed by atoms with Gasteiger partial charge in [-0.15, -0.1) is 0 Å². The molecule has 3 aromatic heterocycles. The van der Waals surface area contributed by atoms with Gasteiger partial charge in [0.2, 0.25) is 0 Å². The lowest BCUT2D eigenvalue weighted by atomic mass is 9.97. The van der Waals surface area contributed by atoms with Crippen LogP contribution in [0.2, 0.25) is 0 Å². The fraction of sp³-hybridized carbons (Fsp3) is 0.318. The molecule has 2 N–H and O–H groups in total. The number of hydrogen-bond acceptors (Lipinski definition) is 5. The molecule has 0 aliphatic carbocycles. The minimum atomic E-state index is -4.54. The second kappa shape index (κ2) is 7.63. The third-order valence-corrected chi connectivity index (χ3v) is 5.78. The number of nitrogen functional groups attached to an aromatic ring is 1. The molecule has 5 rings (SSSR count). The molecule has 32 heavy (non-hydrogen) atoms. The van der Waals surface area contributed by atoms with E-state index in [1.54, 1.807) is 36.5 Å². The average Bonchev–Trinajstić information content (AvgIpc) is 3.22. The van der Waals surface area contributed by atoms with Gasteiger partial charge >= 0.3 is 6.18 Å². The van der Waals surface area contributed by atoms with Crippen LogP contribution in [0.15, 0.2) is 47.4 Å². The number of halogens is 3. The van der Waals surface area contributed by atoms with Crippen LogP contribution >= 0.6 is 0 Å². The highest BCUT2D eigenvalue weighted by Crippen LogP contribution is 2.30. The molecule has 0 amide bonds. The van der Waals surface area contributed by atoms with Crippen molar-refractivity contribution in [3.63, 3.8) is 0 Å². The van der Waals surface area contributed by atoms with Gasteiger partial charge in [0.15, 0.2) is 0 Å². The van der Waals surface area contributed by atoms with Crippen molar-refractivity contribution in [3.8, 4) is 11.1 Å². The molecule has 1 fully saturated rings. The van der Waals surface area contributed by atoms with Crippen LogP contribution in [0.5, 0.6) is 0 Å². The zero-order chi connectivity index (χ0) is 22.5. The first kappa shape index (κ1) is 20.5. The van der Waals surface area contributed by atoms with Gasteiger partial charge in [0, 0.05) is 37.0 Å². The summed E-state index contributed by atoms with van der Waals surface area (Å²) < 4.78 is 47.5. The topological polar surface area (TPSA) is 87.4 Å². The predicted molar refractivity (Wildman–Crippen MR) is 113 cm³/mol. The molecule has 0 bridgehead atoms. The van der Waals surface area contributed by atoms with Gasteiger partial charge in [-0.25, -0.2) is 9.50 Å². The van der Waals surface area contributed by atoms with Crippen LogP contribution in [0.25, 0.3) is 27.7 Å². The molecule has 1 aromatic carbocycles. The summed E-state index contributed by atoms with van der Waals surface area (Å²) in [4.78, 5) is 17.2. The van der Waals surface area contributed by atoms with Crippen LogP contribution in [-0.2, 0) is 11.3 Å². The Morgan fingerprint density at radius 2 is 1.84 bits per heavy atom. The van der Waals surface area contributed by atoms with E-state index in [1.165, 1.54) is 10.6 Å². The van der Waals surface area contributed by atoms with Gasteiger partial charge in [-0.2, -0.15) is 18.3 Å². The number of hydrogen-bond donors (Lipinski definition) is 1. The quantitative estimate of drug-likeness (QED) is 0.521. The van der Waals surface area contributed by atoms with Crippen LogP contribution in [0, 0.1) is 0 Å². The zero-order valence-electron chi connectivity index (χ0n) is 17.0. The van der Waals surface area contributed by atoms with Crippen molar-refractivity contribution >= 4 is 22.4 Å². The summed E-state index contributed by atoms with van der Waals surface area (Å²) in [5.41, 5.74) is 7.70. The Bertz CT molecular complexity index is 1350. The first-order valence-electron chi connectivity index (χ1n) is 10.2. The monoisotopic (exact) mass is 443 g/mol. The van der Waals surface area contributed by atoms with E-state index in [0.717, 1.165) is 28.5 Å². The van der Waals surface area contributed by atoms with E-state index in [-0.39, 0.29) is 17.0 Å². The molecule has 1 saturated heterocycles. The SMILES string of the molecule is Nc1ccc(-c2ccc3c(=O)n(CC(F)(F)F)c4cc(C5CCOCC5)nn4c3c2)cn1. The number of pyridine rings is 1. The fourth-order valence-corrected chi connectivity index (χ4v) is 4.18. The smallest absolute Gasteiger partial charge is 0.384 e. The first-order valence-corrected chi connectivity index (χ1v) is 10.2. The molecule has 1 aliphatic rings. The van der Waals surface area contributed by atoms with Gasteiger partial charge < -0.3 is 10.5 Å². The molecule has 0 atom stereocenters. The number of alkyl halides is 3. The number of fused-ring (bicyclic) bond motifs is 3. The number of nitrogens with zero attached hydrogens (tertiary/aromatic N) is 4. The number of nitrogens with two attached hydrogens (primary N) is 1. The lowest BCUT2D eigenvalue weighted by molar-refractivity contribution is -0.140. The Kier molecular flexibility index (Phi) is 4.89. The van der Waals surface area contributed by atoms with Crippen LogP contribution in [0.3, 0.4) is 0 Å². The van der Waals surface area contributed by atoms with Crippen molar-refractivity contribution in [2.24, 2.45) is 0 Å². The Balaban J connectivity index is 1.75. The highest BCUT2D eigenvalue weighted by Gasteiger charge is 2.31. The van der Waals surface area contributed by atoms with E-state index in [4.69, 9.17) is 10.5 Å². The molecule has 4 aromatic rings. The Morgan fingerprint density at radius 1 is 1.09 bits per heavy atom. The van der Waals surface area contributed by atoms with E-state index >= 15 is 0 Å². The molecular weight excluding hydrogens is 423 g/mol. The second-order valence-electron chi connectivity index (χ2n) is 7.94. The summed E-state index contributed by atoms with van der Waals surface area (Å²) in [6, 6.07) is 10.0. The summed E-state index contributed by atoms with van der Waals surface area (Å²) in [5, 5.41) is 4.81. The van der Waals surface area contributed by atoms with Gasteiger partial charge in [-0.05, 0) is 42.7 Å². The molecule has 0 radical (unpaired) electrons. The van der Waals surface area contributed by atoms with Gasteiger partial charge in [0.25, 0.3) is 5.56 Å². The van der Waals surface area contributed by atoms with Crippen LogP contribution in [-0.4, -0.2) is 38.6 Å². The molecule has 0 spiro atoms. The van der Waals surface area contributed by atoms with Crippen molar-refractivity contribution in [1.82, 2.24) is 19.2 Å². The maximum Gasteiger partial charge on any atom is 0.406 e. The summed E-state index contributed by atoms with van der Waals surface area (Å²) in [6.07, 6.45) is -1.48. The van der Waals surface area contributed by atoms with Gasteiger partial charge in [0.1, 0.15) is 18.0 Å². The summed E-state index contributed by atoms with van der Waals surface area (Å²) in [5.74, 6) is 0.442. The van der Waals surface area contributed by atoms with E-state index in [2.05, 4.69) is 10.1 Å². The lowest BCUT2D eigenvalue weighted by Gasteiger charge is -2.19. The molecule has 0 saturated carbocycles. The molecule has 10 heteroatoms. The molecule has 7 nitrogen and oxygen atoms in total. The van der Waals surface area contributed by atoms with Gasteiger partial charge in [0.05, 0.1) is 16.6 Å². The normalized spacial score (nSPS) is 15.6. The highest BCUT2D eigenvalue weighted by atomic mass is 19.4. The summed E-state index contributed by atoms with van der Waals surface area (Å²) >= 11 is 0. The number of ether oxygens (including phenoxy) is 1. The molecule has 0 unspecified atom stereocenters. The minimum Gasteiger partial charge on any atom is -0.384 e. The van der Waals surface area contributed by atoms with Gasteiger partial charge in [-0.1, -0.05) is 6.07 Å².